The molecular weight excluding hydrogens is 242 g/mol. The number of hydrogen-bond acceptors (Lipinski definition) is 3. The number of Topliss-reactive ketones (excluding diaryl/α,β-unsaturated/α-hetero) is 1. The Hall–Kier alpha value is -1.55. The van der Waals surface area contributed by atoms with Crippen molar-refractivity contribution >= 4 is 29.0 Å². The minimum absolute atomic E-state index is 0.0247. The van der Waals surface area contributed by atoms with Crippen LogP contribution in [0.2, 0.25) is 5.02 Å². The summed E-state index contributed by atoms with van der Waals surface area (Å²) >= 11 is 6.02. The minimum Gasteiger partial charge on any atom is -0.495 e. The first-order valence-corrected chi connectivity index (χ1v) is 5.57. The van der Waals surface area contributed by atoms with Crippen LogP contribution in [-0.4, -0.2) is 25.3 Å². The lowest BCUT2D eigenvalue weighted by Crippen LogP contribution is -2.25. The van der Waals surface area contributed by atoms with Crippen LogP contribution < -0.4 is 9.64 Å². The Morgan fingerprint density at radius 3 is 2.59 bits per heavy atom. The molecule has 0 atom stereocenters. The highest BCUT2D eigenvalue weighted by atomic mass is 35.5. The molecule has 0 aromatic heterocycles. The van der Waals surface area contributed by atoms with Gasteiger partial charge in [0.15, 0.2) is 5.78 Å². The lowest BCUT2D eigenvalue weighted by molar-refractivity contribution is -0.121. The Morgan fingerprint density at radius 2 is 2.06 bits per heavy atom. The molecule has 1 saturated heterocycles. The van der Waals surface area contributed by atoms with E-state index < -0.39 is 0 Å². The molecule has 1 aliphatic rings. The third kappa shape index (κ3) is 2.13. The molecule has 1 heterocycles. The predicted molar refractivity (Wildman–Crippen MR) is 64.7 cm³/mol. The average Bonchev–Trinajstić information content (AvgIpc) is 2.60. The maximum atomic E-state index is 11.6. The van der Waals surface area contributed by atoms with E-state index >= 15 is 0 Å². The van der Waals surface area contributed by atoms with Gasteiger partial charge in [0.05, 0.1) is 25.1 Å². The number of aryl methyl sites for hydroxylation is 1. The molecule has 0 aliphatic carbocycles. The highest BCUT2D eigenvalue weighted by Crippen LogP contribution is 2.33. The second-order valence-electron chi connectivity index (χ2n) is 3.97. The number of methoxy groups -OCH3 is 1. The Kier molecular flexibility index (Phi) is 3.07. The van der Waals surface area contributed by atoms with Crippen LogP contribution in [-0.2, 0) is 9.59 Å². The zero-order valence-corrected chi connectivity index (χ0v) is 10.4. The molecule has 1 amide bonds. The molecule has 4 nitrogen and oxygen atoms in total. The van der Waals surface area contributed by atoms with Crippen LogP contribution in [0.15, 0.2) is 12.1 Å². The van der Waals surface area contributed by atoms with Crippen LogP contribution >= 0.6 is 11.6 Å². The predicted octanol–water partition coefficient (Wildman–Crippen LogP) is 1.96. The quantitative estimate of drug-likeness (QED) is 0.757. The van der Waals surface area contributed by atoms with Gasteiger partial charge in [-0.2, -0.15) is 0 Å². The smallest absolute Gasteiger partial charge is 0.234 e. The van der Waals surface area contributed by atoms with Crippen LogP contribution in [0.25, 0.3) is 0 Å². The second kappa shape index (κ2) is 4.37. The fourth-order valence-electron chi connectivity index (χ4n) is 1.90. The van der Waals surface area contributed by atoms with Crippen LogP contribution in [0.4, 0.5) is 5.69 Å². The Labute approximate surface area is 104 Å². The molecule has 0 saturated carbocycles. The molecule has 1 fully saturated rings. The van der Waals surface area contributed by atoms with Gasteiger partial charge >= 0.3 is 0 Å². The number of nitrogens with zero attached hydrogens (tertiary/aromatic N) is 1. The third-order valence-electron chi connectivity index (χ3n) is 2.75. The zero-order valence-electron chi connectivity index (χ0n) is 9.62. The van der Waals surface area contributed by atoms with E-state index in [9.17, 15) is 9.59 Å². The highest BCUT2D eigenvalue weighted by molar-refractivity contribution is 6.32. The SMILES string of the molecule is COc1cc(C)c(N2CC(=O)CC2=O)cc1Cl. The Morgan fingerprint density at radius 1 is 1.35 bits per heavy atom. The number of ketones is 1. The summed E-state index contributed by atoms with van der Waals surface area (Å²) in [6.45, 7) is 1.98. The van der Waals surface area contributed by atoms with E-state index in [0.29, 0.717) is 16.5 Å². The van der Waals surface area contributed by atoms with Crippen molar-refractivity contribution in [2.24, 2.45) is 0 Å². The number of hydrogen-bond donors (Lipinski definition) is 0. The van der Waals surface area contributed by atoms with Crippen molar-refractivity contribution in [3.8, 4) is 5.75 Å². The standard InChI is InChI=1S/C12H12ClNO3/c1-7-3-11(17-2)9(13)5-10(7)14-6-8(15)4-12(14)16/h3,5H,4,6H2,1-2H3. The molecule has 2 rings (SSSR count). The van der Waals surface area contributed by atoms with E-state index in [0.717, 1.165) is 5.56 Å². The summed E-state index contributed by atoms with van der Waals surface area (Å²) in [6.07, 6.45) is -0.0247. The summed E-state index contributed by atoms with van der Waals surface area (Å²) in [7, 11) is 1.53. The fourth-order valence-corrected chi connectivity index (χ4v) is 2.13. The number of benzene rings is 1. The second-order valence-corrected chi connectivity index (χ2v) is 4.38. The average molecular weight is 254 g/mol. The van der Waals surface area contributed by atoms with Gasteiger partial charge in [0.1, 0.15) is 5.75 Å². The van der Waals surface area contributed by atoms with Gasteiger partial charge < -0.3 is 9.64 Å². The van der Waals surface area contributed by atoms with Crippen molar-refractivity contribution in [3.05, 3.63) is 22.7 Å². The lowest BCUT2D eigenvalue weighted by Gasteiger charge is -2.18. The third-order valence-corrected chi connectivity index (χ3v) is 3.04. The molecule has 90 valence electrons. The molecule has 1 aliphatic heterocycles. The lowest BCUT2D eigenvalue weighted by atomic mass is 10.1. The van der Waals surface area contributed by atoms with Gasteiger partial charge in [-0.1, -0.05) is 11.6 Å². The van der Waals surface area contributed by atoms with E-state index in [1.165, 1.54) is 12.0 Å². The minimum atomic E-state index is -0.181. The van der Waals surface area contributed by atoms with Gasteiger partial charge in [0, 0.05) is 5.69 Å². The fraction of sp³-hybridized carbons (Fsp3) is 0.333. The maximum absolute atomic E-state index is 11.6. The number of carbonyl (C=O) groups excluding carboxylic acids is 2. The molecule has 0 unspecified atom stereocenters. The summed E-state index contributed by atoms with van der Waals surface area (Å²) in [5.74, 6) is 0.312. The van der Waals surface area contributed by atoms with E-state index in [-0.39, 0.29) is 24.7 Å². The monoisotopic (exact) mass is 253 g/mol. The van der Waals surface area contributed by atoms with E-state index in [1.807, 2.05) is 6.92 Å². The molecule has 5 heteroatoms. The van der Waals surface area contributed by atoms with Crippen LogP contribution in [0.1, 0.15) is 12.0 Å². The Balaban J connectivity index is 2.43. The normalized spacial score (nSPS) is 15.6. The van der Waals surface area contributed by atoms with Crippen molar-refractivity contribution in [2.45, 2.75) is 13.3 Å². The van der Waals surface area contributed by atoms with Crippen LogP contribution in [0.3, 0.4) is 0 Å². The van der Waals surface area contributed by atoms with Gasteiger partial charge in [-0.3, -0.25) is 9.59 Å². The number of amides is 1. The van der Waals surface area contributed by atoms with Gasteiger partial charge in [-0.25, -0.2) is 0 Å². The van der Waals surface area contributed by atoms with Gasteiger partial charge in [-0.15, -0.1) is 0 Å². The molecule has 1 aromatic carbocycles. The van der Waals surface area contributed by atoms with Crippen LogP contribution in [0, 0.1) is 6.92 Å². The van der Waals surface area contributed by atoms with Crippen molar-refractivity contribution in [1.82, 2.24) is 0 Å². The summed E-state index contributed by atoms with van der Waals surface area (Å²) in [6, 6.07) is 3.42. The topological polar surface area (TPSA) is 46.6 Å². The van der Waals surface area contributed by atoms with Crippen molar-refractivity contribution in [3.63, 3.8) is 0 Å². The van der Waals surface area contributed by atoms with E-state index in [1.54, 1.807) is 12.1 Å². The largest absolute Gasteiger partial charge is 0.495 e. The number of halogens is 1. The molecular formula is C12H12ClNO3. The Bertz CT molecular complexity index is 499. The number of carbonyl (C=O) groups is 2. The molecule has 0 bridgehead atoms. The van der Waals surface area contributed by atoms with Gasteiger partial charge in [0.25, 0.3) is 0 Å². The molecule has 0 radical (unpaired) electrons. The summed E-state index contributed by atoms with van der Waals surface area (Å²) < 4.78 is 5.09. The molecule has 1 aromatic rings. The maximum Gasteiger partial charge on any atom is 0.234 e. The highest BCUT2D eigenvalue weighted by Gasteiger charge is 2.29. The number of rotatable bonds is 2. The zero-order chi connectivity index (χ0) is 12.6. The summed E-state index contributed by atoms with van der Waals surface area (Å²) in [5.41, 5.74) is 1.53. The first kappa shape index (κ1) is 11.9. The van der Waals surface area contributed by atoms with Gasteiger partial charge in [-0.05, 0) is 24.6 Å². The van der Waals surface area contributed by atoms with E-state index in [2.05, 4.69) is 0 Å². The van der Waals surface area contributed by atoms with Crippen molar-refractivity contribution in [2.75, 3.05) is 18.6 Å². The molecule has 0 N–H and O–H groups in total. The summed E-state index contributed by atoms with van der Waals surface area (Å²) in [4.78, 5) is 24.3. The molecule has 17 heavy (non-hydrogen) atoms. The van der Waals surface area contributed by atoms with E-state index in [4.69, 9.17) is 16.3 Å². The number of ether oxygens (including phenoxy) is 1. The molecule has 0 spiro atoms. The summed E-state index contributed by atoms with van der Waals surface area (Å²) in [5, 5.41) is 0.431. The number of anilines is 1. The first-order valence-electron chi connectivity index (χ1n) is 5.19. The van der Waals surface area contributed by atoms with Crippen LogP contribution in [0.5, 0.6) is 5.75 Å². The first-order chi connectivity index (χ1) is 8.02. The van der Waals surface area contributed by atoms with Crippen molar-refractivity contribution < 1.29 is 14.3 Å². The van der Waals surface area contributed by atoms with Crippen molar-refractivity contribution in [1.29, 1.82) is 0 Å². The van der Waals surface area contributed by atoms with Gasteiger partial charge in [0.2, 0.25) is 5.91 Å².